The number of aromatic nitrogens is 1. The number of ether oxygens (including phenoxy) is 2. The average molecular weight is 347 g/mol. The Bertz CT molecular complexity index is 795. The van der Waals surface area contributed by atoms with Crippen molar-refractivity contribution < 1.29 is 23.5 Å². The van der Waals surface area contributed by atoms with E-state index < -0.39 is 11.7 Å². The number of hydrogen-bond acceptors (Lipinski definition) is 6. The van der Waals surface area contributed by atoms with Crippen LogP contribution in [0.25, 0.3) is 0 Å². The predicted octanol–water partition coefficient (Wildman–Crippen LogP) is 2.91. The summed E-state index contributed by atoms with van der Waals surface area (Å²) in [6, 6.07) is 5.48. The fraction of sp³-hybridized carbons (Fsp3) is 0.235. The van der Waals surface area contributed by atoms with Gasteiger partial charge in [-0.25, -0.2) is 9.37 Å². The van der Waals surface area contributed by atoms with E-state index in [-0.39, 0.29) is 41.1 Å². The summed E-state index contributed by atoms with van der Waals surface area (Å²) in [7, 11) is 0. The van der Waals surface area contributed by atoms with E-state index in [1.54, 1.807) is 19.1 Å². The van der Waals surface area contributed by atoms with E-state index in [4.69, 9.17) is 15.2 Å². The smallest absolute Gasteiger partial charge is 0.258 e. The Morgan fingerprint density at radius 1 is 1.32 bits per heavy atom. The molecule has 0 aliphatic heterocycles. The van der Waals surface area contributed by atoms with Crippen LogP contribution in [0.2, 0.25) is 0 Å². The molecule has 1 aromatic carbocycles. The van der Waals surface area contributed by atoms with Crippen LogP contribution in [0, 0.1) is 5.82 Å². The first kappa shape index (κ1) is 18.2. The lowest BCUT2D eigenvalue weighted by molar-refractivity contribution is -0.120. The van der Waals surface area contributed by atoms with Crippen LogP contribution < -0.4 is 20.5 Å². The van der Waals surface area contributed by atoms with E-state index >= 15 is 0 Å². The van der Waals surface area contributed by atoms with Gasteiger partial charge in [0.25, 0.3) is 5.88 Å². The van der Waals surface area contributed by atoms with Gasteiger partial charge in [-0.2, -0.15) is 0 Å². The summed E-state index contributed by atoms with van der Waals surface area (Å²) in [6.45, 7) is 2.85. The Morgan fingerprint density at radius 2 is 2.08 bits per heavy atom. The number of nitrogens with zero attached hydrogens (tertiary/aromatic N) is 1. The van der Waals surface area contributed by atoms with Crippen LogP contribution in [0.5, 0.6) is 17.4 Å². The molecule has 0 spiro atoms. The summed E-state index contributed by atoms with van der Waals surface area (Å²) in [5.74, 6) is -0.780. The molecule has 2 rings (SSSR count). The number of halogens is 1. The lowest BCUT2D eigenvalue weighted by atomic mass is 10.2. The lowest BCUT2D eigenvalue weighted by Gasteiger charge is -2.14. The van der Waals surface area contributed by atoms with Gasteiger partial charge in [0.05, 0.1) is 11.4 Å². The highest BCUT2D eigenvalue weighted by atomic mass is 19.1. The highest BCUT2D eigenvalue weighted by Crippen LogP contribution is 2.35. The molecular formula is C17H18FN3O4. The molecular weight excluding hydrogens is 329 g/mol. The predicted molar refractivity (Wildman–Crippen MR) is 90.2 cm³/mol. The molecule has 0 radical (unpaired) electrons. The van der Waals surface area contributed by atoms with Crippen molar-refractivity contribution in [1.82, 2.24) is 4.98 Å². The van der Waals surface area contributed by atoms with Crippen molar-refractivity contribution in [1.29, 1.82) is 0 Å². The molecule has 1 aromatic heterocycles. The van der Waals surface area contributed by atoms with Crippen LogP contribution in [0.15, 0.2) is 30.5 Å². The highest BCUT2D eigenvalue weighted by Gasteiger charge is 2.14. The van der Waals surface area contributed by atoms with Crippen molar-refractivity contribution in [3.63, 3.8) is 0 Å². The Labute approximate surface area is 144 Å². The standard InChI is InChI=1S/C17H18FN3O4/c1-3-11(23)9-24-17-15(5-4-6-20-17)25-16-8-14(21-10(2)22)12(18)7-13(16)19/h4-8H,3,9,19H2,1-2H3,(H,21,22). The van der Waals surface area contributed by atoms with E-state index in [0.29, 0.717) is 6.42 Å². The summed E-state index contributed by atoms with van der Waals surface area (Å²) in [5, 5.41) is 2.35. The number of ketones is 1. The van der Waals surface area contributed by atoms with Gasteiger partial charge >= 0.3 is 0 Å². The van der Waals surface area contributed by atoms with Gasteiger partial charge < -0.3 is 20.5 Å². The minimum Gasteiger partial charge on any atom is -0.467 e. The zero-order valence-corrected chi connectivity index (χ0v) is 13.8. The van der Waals surface area contributed by atoms with Crippen LogP contribution in [0.3, 0.4) is 0 Å². The Morgan fingerprint density at radius 3 is 2.76 bits per heavy atom. The minimum atomic E-state index is -0.684. The normalized spacial score (nSPS) is 10.2. The van der Waals surface area contributed by atoms with Gasteiger partial charge in [-0.05, 0) is 12.1 Å². The molecule has 0 saturated heterocycles. The van der Waals surface area contributed by atoms with Gasteiger partial charge in [0.1, 0.15) is 12.4 Å². The second-order valence-corrected chi connectivity index (χ2v) is 5.14. The largest absolute Gasteiger partial charge is 0.467 e. The van der Waals surface area contributed by atoms with Crippen molar-refractivity contribution >= 4 is 23.1 Å². The fourth-order valence-electron chi connectivity index (χ4n) is 1.87. The summed E-state index contributed by atoms with van der Waals surface area (Å²) in [4.78, 5) is 26.6. The third kappa shape index (κ3) is 4.90. The zero-order valence-electron chi connectivity index (χ0n) is 13.8. The molecule has 7 nitrogen and oxygen atoms in total. The van der Waals surface area contributed by atoms with Gasteiger partial charge in [-0.3, -0.25) is 9.59 Å². The summed E-state index contributed by atoms with van der Waals surface area (Å²) in [6.07, 6.45) is 1.82. The number of hydrogen-bond donors (Lipinski definition) is 2. The van der Waals surface area contributed by atoms with Crippen LogP contribution >= 0.6 is 0 Å². The molecule has 0 aliphatic carbocycles. The third-order valence-electron chi connectivity index (χ3n) is 3.13. The molecule has 1 heterocycles. The summed E-state index contributed by atoms with van der Waals surface area (Å²) < 4.78 is 24.8. The number of amides is 1. The SMILES string of the molecule is CCC(=O)COc1ncccc1Oc1cc(NC(C)=O)c(F)cc1N. The maximum Gasteiger partial charge on any atom is 0.258 e. The fourth-order valence-corrected chi connectivity index (χ4v) is 1.87. The second kappa shape index (κ2) is 8.09. The minimum absolute atomic E-state index is 0.0334. The molecule has 8 heteroatoms. The number of nitrogen functional groups attached to an aromatic ring is 1. The maximum absolute atomic E-state index is 13.8. The van der Waals surface area contributed by atoms with Crippen LogP contribution in [-0.4, -0.2) is 23.3 Å². The maximum atomic E-state index is 13.8. The van der Waals surface area contributed by atoms with Crippen molar-refractivity contribution in [3.05, 3.63) is 36.3 Å². The molecule has 0 fully saturated rings. The van der Waals surface area contributed by atoms with E-state index in [0.717, 1.165) is 6.07 Å². The number of carbonyl (C=O) groups is 2. The van der Waals surface area contributed by atoms with Crippen molar-refractivity contribution in [2.45, 2.75) is 20.3 Å². The number of anilines is 2. The first-order chi connectivity index (χ1) is 11.9. The molecule has 0 bridgehead atoms. The van der Waals surface area contributed by atoms with Crippen molar-refractivity contribution in [2.24, 2.45) is 0 Å². The topological polar surface area (TPSA) is 104 Å². The zero-order chi connectivity index (χ0) is 18.4. The molecule has 0 atom stereocenters. The van der Waals surface area contributed by atoms with Gasteiger partial charge in [-0.15, -0.1) is 0 Å². The number of benzene rings is 1. The van der Waals surface area contributed by atoms with Crippen LogP contribution in [0.1, 0.15) is 20.3 Å². The number of rotatable bonds is 7. The molecule has 1 amide bonds. The molecule has 132 valence electrons. The van der Waals surface area contributed by atoms with Crippen molar-refractivity contribution in [3.8, 4) is 17.4 Å². The highest BCUT2D eigenvalue weighted by molar-refractivity contribution is 5.89. The lowest BCUT2D eigenvalue weighted by Crippen LogP contribution is -2.11. The molecule has 2 aromatic rings. The Balaban J connectivity index is 2.27. The molecule has 0 unspecified atom stereocenters. The van der Waals surface area contributed by atoms with Crippen molar-refractivity contribution in [2.75, 3.05) is 17.7 Å². The number of nitrogens with one attached hydrogen (secondary N) is 1. The van der Waals surface area contributed by atoms with E-state index in [2.05, 4.69) is 10.3 Å². The first-order valence-electron chi connectivity index (χ1n) is 7.54. The van der Waals surface area contributed by atoms with Crippen LogP contribution in [0.4, 0.5) is 15.8 Å². The van der Waals surface area contributed by atoms with Gasteiger partial charge in [0.15, 0.2) is 17.3 Å². The number of pyridine rings is 1. The Hall–Kier alpha value is -3.16. The van der Waals surface area contributed by atoms with E-state index in [1.165, 1.54) is 19.2 Å². The Kier molecular flexibility index (Phi) is 5.89. The number of Topliss-reactive ketones (excluding diaryl/α,β-unsaturated/α-hetero) is 1. The second-order valence-electron chi connectivity index (χ2n) is 5.14. The quantitative estimate of drug-likeness (QED) is 0.747. The molecule has 25 heavy (non-hydrogen) atoms. The molecule has 0 aliphatic rings. The van der Waals surface area contributed by atoms with E-state index in [1.807, 2.05) is 0 Å². The monoisotopic (exact) mass is 347 g/mol. The van der Waals surface area contributed by atoms with Crippen LogP contribution in [-0.2, 0) is 9.59 Å². The molecule has 3 N–H and O–H groups in total. The molecule has 0 saturated carbocycles. The first-order valence-corrected chi connectivity index (χ1v) is 7.54. The van der Waals surface area contributed by atoms with Gasteiger partial charge in [-0.1, -0.05) is 6.92 Å². The number of nitrogens with two attached hydrogens (primary N) is 1. The third-order valence-corrected chi connectivity index (χ3v) is 3.13. The average Bonchev–Trinajstić information content (AvgIpc) is 2.57. The summed E-state index contributed by atoms with van der Waals surface area (Å²) in [5.41, 5.74) is 5.74. The van der Waals surface area contributed by atoms with Gasteiger partial charge in [0, 0.05) is 31.7 Å². The van der Waals surface area contributed by atoms with Gasteiger partial charge in [0.2, 0.25) is 5.91 Å². The summed E-state index contributed by atoms with van der Waals surface area (Å²) >= 11 is 0. The van der Waals surface area contributed by atoms with E-state index in [9.17, 15) is 14.0 Å². The number of carbonyl (C=O) groups excluding carboxylic acids is 2.